The normalized spacial score (nSPS) is 24.3. The monoisotopic (exact) mass is 244 g/mol. The van der Waals surface area contributed by atoms with Crippen LogP contribution in [0.5, 0.6) is 0 Å². The van der Waals surface area contributed by atoms with E-state index in [1.807, 2.05) is 0 Å². The molecule has 0 heterocycles. The van der Waals surface area contributed by atoms with E-state index in [9.17, 15) is 14.4 Å². The fourth-order valence-electron chi connectivity index (χ4n) is 2.12. The molecule has 0 aromatic rings. The molecule has 1 aliphatic rings. The Labute approximate surface area is 98.8 Å². The molecule has 0 aromatic heterocycles. The smallest absolute Gasteiger partial charge is 0.307 e. The van der Waals surface area contributed by atoms with Crippen molar-refractivity contribution in [3.05, 3.63) is 0 Å². The average Bonchev–Trinajstić information content (AvgIpc) is 2.65. The summed E-state index contributed by atoms with van der Waals surface area (Å²) >= 11 is 1.12. The minimum absolute atomic E-state index is 0.00125. The van der Waals surface area contributed by atoms with Crippen LogP contribution in [0.2, 0.25) is 0 Å². The van der Waals surface area contributed by atoms with Gasteiger partial charge in [0.1, 0.15) is 5.78 Å². The fourth-order valence-corrected chi connectivity index (χ4v) is 2.71. The molecule has 1 rings (SSSR count). The van der Waals surface area contributed by atoms with Gasteiger partial charge in [-0.1, -0.05) is 18.2 Å². The quantitative estimate of drug-likeness (QED) is 0.797. The standard InChI is InChI=1S/C11H16O4S/c1-7(12)16-6-5-10(13)8-3-2-4-9(8)11(14)15/h8-9H,2-6H2,1H3,(H,14,15)/t8-,9-/m0/s1. The molecule has 2 atom stereocenters. The van der Waals surface area contributed by atoms with Crippen molar-refractivity contribution in [3.63, 3.8) is 0 Å². The van der Waals surface area contributed by atoms with Gasteiger partial charge in [-0.25, -0.2) is 0 Å². The number of thioether (sulfide) groups is 1. The van der Waals surface area contributed by atoms with Crippen LogP contribution >= 0.6 is 11.8 Å². The Bertz CT molecular complexity index is 300. The second-order valence-electron chi connectivity index (χ2n) is 4.04. The summed E-state index contributed by atoms with van der Waals surface area (Å²) in [6.07, 6.45) is 2.40. The van der Waals surface area contributed by atoms with Gasteiger partial charge in [-0.3, -0.25) is 14.4 Å². The number of carboxylic acids is 1. The minimum atomic E-state index is -0.866. The van der Waals surface area contributed by atoms with Crippen molar-refractivity contribution in [2.75, 3.05) is 5.75 Å². The van der Waals surface area contributed by atoms with E-state index < -0.39 is 11.9 Å². The molecule has 5 heteroatoms. The van der Waals surface area contributed by atoms with Gasteiger partial charge in [0.05, 0.1) is 5.92 Å². The molecule has 1 aliphatic carbocycles. The average molecular weight is 244 g/mol. The van der Waals surface area contributed by atoms with Crippen molar-refractivity contribution in [2.45, 2.75) is 32.6 Å². The lowest BCUT2D eigenvalue weighted by molar-refractivity contribution is -0.145. The maximum atomic E-state index is 11.8. The van der Waals surface area contributed by atoms with E-state index in [1.165, 1.54) is 6.92 Å². The number of carboxylic acid groups (broad SMARTS) is 1. The second-order valence-corrected chi connectivity index (χ2v) is 5.31. The van der Waals surface area contributed by atoms with Gasteiger partial charge >= 0.3 is 5.97 Å². The highest BCUT2D eigenvalue weighted by Gasteiger charge is 2.36. The first-order valence-corrected chi connectivity index (χ1v) is 6.40. The van der Waals surface area contributed by atoms with Crippen LogP contribution in [-0.2, 0) is 14.4 Å². The van der Waals surface area contributed by atoms with Crippen molar-refractivity contribution < 1.29 is 19.5 Å². The van der Waals surface area contributed by atoms with Crippen LogP contribution < -0.4 is 0 Å². The maximum Gasteiger partial charge on any atom is 0.307 e. The van der Waals surface area contributed by atoms with Gasteiger partial charge in [0, 0.05) is 25.0 Å². The maximum absolute atomic E-state index is 11.8. The molecule has 1 fully saturated rings. The molecule has 0 aliphatic heterocycles. The highest BCUT2D eigenvalue weighted by atomic mass is 32.2. The predicted octanol–water partition coefficient (Wildman–Crippen LogP) is 1.73. The van der Waals surface area contributed by atoms with Gasteiger partial charge in [-0.2, -0.15) is 0 Å². The number of hydrogen-bond acceptors (Lipinski definition) is 4. The molecule has 1 saturated carbocycles. The number of carbonyl (C=O) groups excluding carboxylic acids is 2. The number of aliphatic carboxylic acids is 1. The van der Waals surface area contributed by atoms with Crippen molar-refractivity contribution >= 4 is 28.6 Å². The zero-order valence-electron chi connectivity index (χ0n) is 9.27. The summed E-state index contributed by atoms with van der Waals surface area (Å²) in [5, 5.41) is 8.93. The van der Waals surface area contributed by atoms with Gasteiger partial charge in [0.15, 0.2) is 5.12 Å². The van der Waals surface area contributed by atoms with Crippen molar-refractivity contribution in [1.82, 2.24) is 0 Å². The Morgan fingerprint density at radius 2 is 1.88 bits per heavy atom. The molecule has 0 radical (unpaired) electrons. The SMILES string of the molecule is CC(=O)SCCC(=O)[C@H]1CCC[C@@H]1C(=O)O. The Balaban J connectivity index is 2.41. The van der Waals surface area contributed by atoms with Crippen molar-refractivity contribution in [3.8, 4) is 0 Å². The molecule has 0 bridgehead atoms. The summed E-state index contributed by atoms with van der Waals surface area (Å²) in [4.78, 5) is 33.3. The van der Waals surface area contributed by atoms with E-state index >= 15 is 0 Å². The first-order chi connectivity index (χ1) is 7.52. The Kier molecular flexibility index (Phi) is 4.99. The van der Waals surface area contributed by atoms with Crippen LogP contribution in [-0.4, -0.2) is 27.7 Å². The molecule has 4 nitrogen and oxygen atoms in total. The molecular formula is C11H16O4S. The van der Waals surface area contributed by atoms with Gasteiger partial charge in [-0.15, -0.1) is 0 Å². The number of hydrogen-bond donors (Lipinski definition) is 1. The van der Waals surface area contributed by atoms with Crippen LogP contribution in [0.15, 0.2) is 0 Å². The van der Waals surface area contributed by atoms with Crippen LogP contribution in [0.4, 0.5) is 0 Å². The highest BCUT2D eigenvalue weighted by Crippen LogP contribution is 2.33. The summed E-state index contributed by atoms with van der Waals surface area (Å²) in [5.74, 6) is -1.23. The summed E-state index contributed by atoms with van der Waals surface area (Å²) in [6, 6.07) is 0. The molecular weight excluding hydrogens is 228 g/mol. The zero-order valence-corrected chi connectivity index (χ0v) is 10.1. The van der Waals surface area contributed by atoms with Gasteiger partial charge in [0.2, 0.25) is 0 Å². The molecule has 90 valence electrons. The third-order valence-electron chi connectivity index (χ3n) is 2.90. The van der Waals surface area contributed by atoms with E-state index in [4.69, 9.17) is 5.11 Å². The number of Topliss-reactive ketones (excluding diaryl/α,β-unsaturated/α-hetero) is 1. The van der Waals surface area contributed by atoms with E-state index in [0.717, 1.165) is 18.2 Å². The van der Waals surface area contributed by atoms with Gasteiger partial charge in [0.25, 0.3) is 0 Å². The van der Waals surface area contributed by atoms with Crippen LogP contribution in [0.1, 0.15) is 32.6 Å². The predicted molar refractivity (Wildman–Crippen MR) is 61.2 cm³/mol. The number of rotatable bonds is 5. The van der Waals surface area contributed by atoms with Crippen LogP contribution in [0.25, 0.3) is 0 Å². The van der Waals surface area contributed by atoms with Crippen LogP contribution in [0.3, 0.4) is 0 Å². The summed E-state index contributed by atoms with van der Waals surface area (Å²) in [7, 11) is 0. The Morgan fingerprint density at radius 3 is 2.44 bits per heavy atom. The highest BCUT2D eigenvalue weighted by molar-refractivity contribution is 8.13. The molecule has 1 N–H and O–H groups in total. The lowest BCUT2D eigenvalue weighted by Crippen LogP contribution is -2.25. The minimum Gasteiger partial charge on any atom is -0.481 e. The fraction of sp³-hybridized carbons (Fsp3) is 0.727. The first-order valence-electron chi connectivity index (χ1n) is 5.41. The lowest BCUT2D eigenvalue weighted by atomic mass is 9.91. The molecule has 0 amide bonds. The van der Waals surface area contributed by atoms with Gasteiger partial charge in [-0.05, 0) is 12.8 Å². The molecule has 0 unspecified atom stereocenters. The lowest BCUT2D eigenvalue weighted by Gasteiger charge is -2.13. The second kappa shape index (κ2) is 6.03. The van der Waals surface area contributed by atoms with E-state index in [2.05, 4.69) is 0 Å². The number of carbonyl (C=O) groups is 3. The van der Waals surface area contributed by atoms with E-state index in [-0.39, 0.29) is 16.8 Å². The third-order valence-corrected chi connectivity index (χ3v) is 3.72. The Morgan fingerprint density at radius 1 is 1.25 bits per heavy atom. The number of ketones is 1. The van der Waals surface area contributed by atoms with Crippen molar-refractivity contribution in [2.24, 2.45) is 11.8 Å². The van der Waals surface area contributed by atoms with Crippen molar-refractivity contribution in [1.29, 1.82) is 0 Å². The molecule has 0 aromatic carbocycles. The topological polar surface area (TPSA) is 71.4 Å². The molecule has 16 heavy (non-hydrogen) atoms. The zero-order chi connectivity index (χ0) is 12.1. The summed E-state index contributed by atoms with van der Waals surface area (Å²) in [5.41, 5.74) is 0. The largest absolute Gasteiger partial charge is 0.481 e. The summed E-state index contributed by atoms with van der Waals surface area (Å²) in [6.45, 7) is 1.46. The van der Waals surface area contributed by atoms with Crippen LogP contribution in [0, 0.1) is 11.8 Å². The first kappa shape index (κ1) is 13.2. The third kappa shape index (κ3) is 3.63. The van der Waals surface area contributed by atoms with E-state index in [1.54, 1.807) is 0 Å². The van der Waals surface area contributed by atoms with Gasteiger partial charge < -0.3 is 5.11 Å². The van der Waals surface area contributed by atoms with E-state index in [0.29, 0.717) is 25.0 Å². The Hall–Kier alpha value is -0.840. The molecule has 0 spiro atoms. The summed E-state index contributed by atoms with van der Waals surface area (Å²) < 4.78 is 0. The molecule has 0 saturated heterocycles.